The third-order valence-corrected chi connectivity index (χ3v) is 12.6. The summed E-state index contributed by atoms with van der Waals surface area (Å²) in [7, 11) is 1.25. The van der Waals surface area contributed by atoms with Gasteiger partial charge in [-0.25, -0.2) is 15.0 Å². The lowest BCUT2D eigenvalue weighted by molar-refractivity contribution is -0.142. The van der Waals surface area contributed by atoms with E-state index in [2.05, 4.69) is 51.4 Å². The zero-order valence-corrected chi connectivity index (χ0v) is 42.1. The zero-order chi connectivity index (χ0) is 51.0. The van der Waals surface area contributed by atoms with E-state index in [9.17, 15) is 33.6 Å². The number of likely N-dealkylation sites (tertiary alicyclic amines) is 1. The van der Waals surface area contributed by atoms with Gasteiger partial charge >= 0.3 is 5.97 Å². The second-order valence-electron chi connectivity index (χ2n) is 17.6. The number of nitrogens with zero attached hydrogens (tertiary/aromatic N) is 6. The van der Waals surface area contributed by atoms with E-state index in [-0.39, 0.29) is 131 Å². The number of carbonyl (C=O) groups is 7. The maximum absolute atomic E-state index is 13.9. The average molecular weight is 1050 g/mol. The van der Waals surface area contributed by atoms with E-state index in [4.69, 9.17) is 24.7 Å². The van der Waals surface area contributed by atoms with Crippen LogP contribution in [0.25, 0.3) is 22.0 Å². The van der Waals surface area contributed by atoms with Crippen LogP contribution in [0.5, 0.6) is 0 Å². The summed E-state index contributed by atoms with van der Waals surface area (Å²) in [6.07, 6.45) is 5.97. The number of nitrogens with one attached hydrogen (secondary N) is 2. The molecule has 0 spiro atoms. The van der Waals surface area contributed by atoms with Crippen molar-refractivity contribution in [3.8, 4) is 11.1 Å². The van der Waals surface area contributed by atoms with E-state index in [1.54, 1.807) is 28.0 Å². The number of anilines is 1. The fourth-order valence-electron chi connectivity index (χ4n) is 8.31. The molecule has 4 atom stereocenters. The molecule has 2 fully saturated rings. The van der Waals surface area contributed by atoms with Crippen LogP contribution >= 0.6 is 15.9 Å². The van der Waals surface area contributed by atoms with Crippen LogP contribution in [-0.4, -0.2) is 156 Å². The minimum absolute atomic E-state index is 0.00749. The molecule has 21 nitrogen and oxygen atoms in total. The Morgan fingerprint density at radius 3 is 2.31 bits per heavy atom. The number of hydrogen-bond acceptors (Lipinski definition) is 17. The van der Waals surface area contributed by atoms with Gasteiger partial charge in [0.15, 0.2) is 11.6 Å². The molecule has 2 aliphatic rings. The number of rotatable bonds is 30. The van der Waals surface area contributed by atoms with Gasteiger partial charge in [-0.1, -0.05) is 6.07 Å². The third kappa shape index (κ3) is 15.8. The Morgan fingerprint density at radius 2 is 1.58 bits per heavy atom. The number of esters is 1. The maximum Gasteiger partial charge on any atom is 0.322 e. The first kappa shape index (κ1) is 54.4. The van der Waals surface area contributed by atoms with Gasteiger partial charge in [-0.15, -0.1) is 0 Å². The second-order valence-corrected chi connectivity index (χ2v) is 18.4. The highest BCUT2D eigenvalue weighted by molar-refractivity contribution is 9.10. The van der Waals surface area contributed by atoms with Crippen molar-refractivity contribution in [1.29, 1.82) is 0 Å². The van der Waals surface area contributed by atoms with Crippen molar-refractivity contribution in [2.45, 2.75) is 84.3 Å². The summed E-state index contributed by atoms with van der Waals surface area (Å²) in [5, 5.41) is 10.8. The predicted octanol–water partition coefficient (Wildman–Crippen LogP) is 3.27. The van der Waals surface area contributed by atoms with Crippen LogP contribution in [0.15, 0.2) is 41.3 Å². The molecule has 1 saturated carbocycles. The lowest BCUT2D eigenvalue weighted by atomic mass is 10.0. The fourth-order valence-corrected chi connectivity index (χ4v) is 8.62. The molecule has 4 aromatic rings. The number of piperidine rings is 1. The second kappa shape index (κ2) is 26.5. The first-order valence-corrected chi connectivity index (χ1v) is 24.4. The number of hydrogen-bond donors (Lipinski definition) is 3. The number of methoxy groups -OCH3 is 1. The summed E-state index contributed by atoms with van der Waals surface area (Å²) in [5.41, 5.74) is 9.53. The van der Waals surface area contributed by atoms with Crippen LogP contribution in [0.1, 0.15) is 72.9 Å². The molecule has 4 N–H and O–H groups in total. The molecule has 0 bridgehead atoms. The van der Waals surface area contributed by atoms with Crippen molar-refractivity contribution in [1.82, 2.24) is 34.9 Å². The first-order chi connectivity index (χ1) is 34.1. The Balaban J connectivity index is 0.852. The number of ether oxygens (including phenoxy) is 5. The Morgan fingerprint density at radius 1 is 0.859 bits per heavy atom. The van der Waals surface area contributed by atoms with Gasteiger partial charge in [0.2, 0.25) is 17.7 Å². The summed E-state index contributed by atoms with van der Waals surface area (Å²) in [5.74, 6) is -0.514. The summed E-state index contributed by atoms with van der Waals surface area (Å²) in [6.45, 7) is 7.06. The molecule has 3 aromatic heterocycles. The smallest absolute Gasteiger partial charge is 0.322 e. The van der Waals surface area contributed by atoms with Crippen molar-refractivity contribution in [3.05, 3.63) is 63.9 Å². The van der Waals surface area contributed by atoms with Crippen LogP contribution in [0.2, 0.25) is 0 Å². The Labute approximate surface area is 419 Å². The topological polar surface area (TPSA) is 275 Å². The average Bonchev–Trinajstić information content (AvgIpc) is 3.85. The van der Waals surface area contributed by atoms with Gasteiger partial charge in [0.05, 0.1) is 45.7 Å². The number of amides is 3. The van der Waals surface area contributed by atoms with Crippen LogP contribution < -0.4 is 16.4 Å². The Bertz CT molecular complexity index is 2560. The SMILES string of the molecule is COC(=O)[C@@H](N)CCC(=O)CCCOCCOCC(=O)NCCOCCOCC(=O)CCc1ncc(-c2cc(C)c3c(c2)c(C(C)=O)nn3CC(=O)N2C[C@H]3C[C@H]3[C@H]2C(=O)Nc2nc(Br)ccc2C)cn1. The summed E-state index contributed by atoms with van der Waals surface area (Å²) >= 11 is 3.36. The maximum atomic E-state index is 13.9. The molecule has 382 valence electrons. The van der Waals surface area contributed by atoms with Crippen LogP contribution in [-0.2, 0) is 65.4 Å². The van der Waals surface area contributed by atoms with E-state index >= 15 is 0 Å². The summed E-state index contributed by atoms with van der Waals surface area (Å²) in [6, 6.07) is 5.98. The van der Waals surface area contributed by atoms with Gasteiger partial charge in [-0.2, -0.15) is 5.10 Å². The molecule has 6 rings (SSSR count). The highest BCUT2D eigenvalue weighted by Crippen LogP contribution is 2.50. The first-order valence-electron chi connectivity index (χ1n) is 23.6. The molecule has 4 heterocycles. The molecule has 22 heteroatoms. The van der Waals surface area contributed by atoms with E-state index in [1.165, 1.54) is 14.0 Å². The Kier molecular flexibility index (Phi) is 20.3. The number of ketones is 3. The molecule has 1 saturated heterocycles. The quantitative estimate of drug-likeness (QED) is 0.0293. The molecule has 1 aliphatic heterocycles. The Hall–Kier alpha value is -5.91. The molecule has 0 radical (unpaired) electrons. The third-order valence-electron chi connectivity index (χ3n) is 12.2. The van der Waals surface area contributed by atoms with E-state index in [1.807, 2.05) is 32.0 Å². The van der Waals surface area contributed by atoms with Crippen LogP contribution in [0.3, 0.4) is 0 Å². The lowest BCUT2D eigenvalue weighted by Crippen LogP contribution is -2.47. The van der Waals surface area contributed by atoms with E-state index in [0.717, 1.165) is 23.1 Å². The molecule has 3 amide bonds. The van der Waals surface area contributed by atoms with Gasteiger partial charge < -0.3 is 45.0 Å². The monoisotopic (exact) mass is 1050 g/mol. The number of aryl methyl sites for hydroxylation is 3. The summed E-state index contributed by atoms with van der Waals surface area (Å²) in [4.78, 5) is 103. The van der Waals surface area contributed by atoms with Gasteiger partial charge in [-0.05, 0) is 95.8 Å². The molecular weight excluding hydrogens is 986 g/mol. The lowest BCUT2D eigenvalue weighted by Gasteiger charge is -2.27. The molecule has 1 aliphatic carbocycles. The molecular formula is C49H62BrN9O12. The summed E-state index contributed by atoms with van der Waals surface area (Å²) < 4.78 is 28.3. The van der Waals surface area contributed by atoms with Gasteiger partial charge in [0, 0.05) is 75.6 Å². The van der Waals surface area contributed by atoms with Crippen LogP contribution in [0, 0.1) is 25.7 Å². The van der Waals surface area contributed by atoms with E-state index in [0.29, 0.717) is 65.1 Å². The number of benzene rings is 1. The zero-order valence-electron chi connectivity index (χ0n) is 40.5. The number of Topliss-reactive ketones (excluding diaryl/α,β-unsaturated/α-hetero) is 3. The standard InChI is InChI=1S/C49H62BrN9O12/c1-29-7-11-40(50)55-47(29)56-48(65)46-37-22-33(37)25-58(46)43(64)26-59-45-30(2)20-32(21-38(45)44(57-59)31(3)60)34-23-53-41(54-24-34)12-9-36(62)27-70-18-17-69-15-13-52-42(63)28-71-19-16-68-14-5-6-35(61)8-10-39(51)49(66)67-4/h7,11,20-21,23-24,33,37,39,46H,5-6,8-10,12-19,22,25-28,51H2,1-4H3,(H,52,63)(H,55,56,65)/t33-,37-,39+,46+/m1/s1. The van der Waals surface area contributed by atoms with Crippen molar-refractivity contribution >= 4 is 73.7 Å². The molecule has 0 unspecified atom stereocenters. The minimum Gasteiger partial charge on any atom is -0.468 e. The van der Waals surface area contributed by atoms with Crippen molar-refractivity contribution in [2.24, 2.45) is 17.6 Å². The van der Waals surface area contributed by atoms with E-state index < -0.39 is 18.1 Å². The highest BCUT2D eigenvalue weighted by atomic mass is 79.9. The molecule has 1 aromatic carbocycles. The van der Waals surface area contributed by atoms with Crippen molar-refractivity contribution < 1.29 is 57.2 Å². The van der Waals surface area contributed by atoms with Crippen molar-refractivity contribution in [3.63, 3.8) is 0 Å². The van der Waals surface area contributed by atoms with Gasteiger partial charge in [-0.3, -0.25) is 38.2 Å². The number of carbonyl (C=O) groups excluding carboxylic acids is 7. The number of aromatic nitrogens is 5. The highest BCUT2D eigenvalue weighted by Gasteiger charge is 2.57. The number of halogens is 1. The predicted molar refractivity (Wildman–Crippen MR) is 261 cm³/mol. The van der Waals surface area contributed by atoms with Crippen LogP contribution in [0.4, 0.5) is 5.82 Å². The van der Waals surface area contributed by atoms with Gasteiger partial charge in [0.25, 0.3) is 0 Å². The normalized spacial score (nSPS) is 16.4. The van der Waals surface area contributed by atoms with Crippen molar-refractivity contribution in [2.75, 3.05) is 78.4 Å². The fraction of sp³-hybridized carbons (Fsp3) is 0.531. The largest absolute Gasteiger partial charge is 0.468 e. The van der Waals surface area contributed by atoms with Gasteiger partial charge in [0.1, 0.15) is 59.6 Å². The number of nitrogens with two attached hydrogens (primary N) is 1. The minimum atomic E-state index is -0.805. The molecule has 71 heavy (non-hydrogen) atoms. The number of pyridine rings is 1. The number of fused-ring (bicyclic) bond motifs is 2.